The van der Waals surface area contributed by atoms with Gasteiger partial charge in [-0.25, -0.2) is 19.3 Å². The van der Waals surface area contributed by atoms with E-state index >= 15 is 0 Å². The van der Waals surface area contributed by atoms with Crippen LogP contribution in [0.5, 0.6) is 0 Å². The molecule has 35 heavy (non-hydrogen) atoms. The number of anilines is 1. The molecule has 0 unspecified atom stereocenters. The average Bonchev–Trinajstić information content (AvgIpc) is 3.58. The van der Waals surface area contributed by atoms with Gasteiger partial charge in [0.1, 0.15) is 12.4 Å². The smallest absolute Gasteiger partial charge is 0.281 e. The monoisotopic (exact) mass is 480 g/mol. The third kappa shape index (κ3) is 5.59. The summed E-state index contributed by atoms with van der Waals surface area (Å²) in [6.45, 7) is 3.18. The first kappa shape index (κ1) is 23.2. The third-order valence-corrected chi connectivity index (χ3v) is 5.76. The summed E-state index contributed by atoms with van der Waals surface area (Å²) in [5.41, 5.74) is 2.61. The molecule has 4 heterocycles. The Bertz CT molecular complexity index is 1200. The van der Waals surface area contributed by atoms with E-state index < -0.39 is 6.29 Å². The Hall–Kier alpha value is -3.54. The number of aliphatic hydroxyl groups excluding tert-OH is 1. The number of aromatic amines is 1. The molecule has 2 aliphatic heterocycles. The van der Waals surface area contributed by atoms with E-state index in [1.165, 1.54) is 12.1 Å². The van der Waals surface area contributed by atoms with Crippen molar-refractivity contribution in [1.82, 2.24) is 19.9 Å². The van der Waals surface area contributed by atoms with E-state index in [2.05, 4.69) is 29.8 Å². The van der Waals surface area contributed by atoms with Crippen molar-refractivity contribution in [2.24, 2.45) is 10.9 Å². The molecule has 5 rings (SSSR count). The molecule has 1 fully saturated rings. The van der Waals surface area contributed by atoms with Crippen molar-refractivity contribution in [1.29, 1.82) is 0 Å². The van der Waals surface area contributed by atoms with Crippen LogP contribution in [0, 0.1) is 11.7 Å². The summed E-state index contributed by atoms with van der Waals surface area (Å²) in [5.74, 6) is 0.588. The van der Waals surface area contributed by atoms with E-state index in [4.69, 9.17) is 14.5 Å². The lowest BCUT2D eigenvalue weighted by Crippen LogP contribution is -2.29. The zero-order chi connectivity index (χ0) is 24.0. The first-order valence-electron chi connectivity index (χ1n) is 11.6. The van der Waals surface area contributed by atoms with Crippen LogP contribution < -0.4 is 5.32 Å². The predicted molar refractivity (Wildman–Crippen MR) is 128 cm³/mol. The van der Waals surface area contributed by atoms with Crippen LogP contribution in [-0.2, 0) is 9.47 Å². The molecular formula is C24H27FN7O3+. The normalized spacial score (nSPS) is 19.7. The Labute approximate surface area is 201 Å². The van der Waals surface area contributed by atoms with Gasteiger partial charge in [-0.1, -0.05) is 4.99 Å². The van der Waals surface area contributed by atoms with E-state index in [1.807, 2.05) is 12.6 Å². The fraction of sp³-hybridized carbons (Fsp3) is 0.375. The van der Waals surface area contributed by atoms with Gasteiger partial charge < -0.3 is 24.9 Å². The van der Waals surface area contributed by atoms with Crippen LogP contribution in [0.25, 0.3) is 22.6 Å². The highest BCUT2D eigenvalue weighted by Crippen LogP contribution is 2.33. The Morgan fingerprint density at radius 1 is 1.14 bits per heavy atom. The van der Waals surface area contributed by atoms with Gasteiger partial charge in [0.2, 0.25) is 12.2 Å². The number of benzene rings is 1. The number of aliphatic imine (C=N–C) groups is 1. The molecule has 0 saturated carbocycles. The summed E-state index contributed by atoms with van der Waals surface area (Å²) in [6, 6.07) is 7.91. The first-order chi connectivity index (χ1) is 17.2. The summed E-state index contributed by atoms with van der Waals surface area (Å²) in [6.07, 6.45) is 5.62. The molecular weight excluding hydrogens is 453 g/mol. The van der Waals surface area contributed by atoms with Gasteiger partial charge in [-0.2, -0.15) is 0 Å². The molecule has 10 nitrogen and oxygen atoms in total. The molecule has 0 bridgehead atoms. The first-order valence-corrected chi connectivity index (χ1v) is 11.6. The SMILES string of the molecule is OCC1COC(c2nc(-c3ccc(F)cc3)c(-c3ccnc(NCCC[N+]4=CN=CC4)n3)[nH]2)OC1. The fourth-order valence-corrected chi connectivity index (χ4v) is 3.87. The van der Waals surface area contributed by atoms with Crippen molar-refractivity contribution < 1.29 is 23.5 Å². The molecule has 3 N–H and O–H groups in total. The quantitative estimate of drug-likeness (QED) is 0.317. The maximum atomic E-state index is 13.6. The number of hydrogen-bond donors (Lipinski definition) is 3. The molecule has 1 saturated heterocycles. The van der Waals surface area contributed by atoms with Crippen LogP contribution in [0.1, 0.15) is 18.5 Å². The highest BCUT2D eigenvalue weighted by molar-refractivity contribution is 5.77. The van der Waals surface area contributed by atoms with Crippen LogP contribution in [0.3, 0.4) is 0 Å². The predicted octanol–water partition coefficient (Wildman–Crippen LogP) is 2.25. The van der Waals surface area contributed by atoms with Crippen LogP contribution >= 0.6 is 0 Å². The lowest BCUT2D eigenvalue weighted by Gasteiger charge is -2.26. The number of halogens is 1. The number of ether oxygens (including phenoxy) is 2. The fourth-order valence-electron chi connectivity index (χ4n) is 3.87. The second kappa shape index (κ2) is 10.8. The standard InChI is InChI=1S/C24H27FN7O3/c25-18-4-2-17(3-5-18)20-21(31-22(30-20)23-34-13-16(12-33)14-35-23)19-6-8-28-24(29-19)27-7-1-10-32-11-9-26-15-32/h2-6,8-9,15-16,23,33H,1,7,10-14H2,(H,30,31)(H,27,28,29)/q+1. The second-order valence-corrected chi connectivity index (χ2v) is 8.39. The maximum Gasteiger partial charge on any atom is 0.281 e. The van der Waals surface area contributed by atoms with Crippen molar-refractivity contribution in [3.63, 3.8) is 0 Å². The maximum absolute atomic E-state index is 13.6. The van der Waals surface area contributed by atoms with Crippen LogP contribution in [0.2, 0.25) is 0 Å². The largest absolute Gasteiger partial charge is 0.396 e. The minimum atomic E-state index is -0.698. The molecule has 2 aromatic heterocycles. The Morgan fingerprint density at radius 2 is 1.97 bits per heavy atom. The summed E-state index contributed by atoms with van der Waals surface area (Å²) >= 11 is 0. The van der Waals surface area contributed by atoms with Crippen LogP contribution in [0.15, 0.2) is 41.5 Å². The van der Waals surface area contributed by atoms with Crippen LogP contribution in [0.4, 0.5) is 10.3 Å². The zero-order valence-corrected chi connectivity index (χ0v) is 19.1. The average molecular weight is 481 g/mol. The third-order valence-electron chi connectivity index (χ3n) is 5.76. The molecule has 2 aliphatic rings. The Balaban J connectivity index is 1.37. The van der Waals surface area contributed by atoms with Gasteiger partial charge in [-0.15, -0.1) is 0 Å². The van der Waals surface area contributed by atoms with Crippen molar-refractivity contribution in [2.45, 2.75) is 12.7 Å². The molecule has 11 heteroatoms. The lowest BCUT2D eigenvalue weighted by atomic mass is 10.1. The topological polar surface area (TPSA) is 121 Å². The van der Waals surface area contributed by atoms with Crippen molar-refractivity contribution in [3.05, 3.63) is 48.2 Å². The molecule has 0 spiro atoms. The number of aliphatic hydroxyl groups is 1. The minimum Gasteiger partial charge on any atom is -0.396 e. The van der Waals surface area contributed by atoms with E-state index in [0.29, 0.717) is 48.6 Å². The summed E-state index contributed by atoms with van der Waals surface area (Å²) < 4.78 is 27.2. The number of nitrogens with one attached hydrogen (secondary N) is 2. The zero-order valence-electron chi connectivity index (χ0n) is 19.1. The summed E-state index contributed by atoms with van der Waals surface area (Å²) in [7, 11) is 0. The lowest BCUT2D eigenvalue weighted by molar-refractivity contribution is -0.504. The number of nitrogens with zero attached hydrogens (tertiary/aromatic N) is 5. The van der Waals surface area contributed by atoms with E-state index in [1.54, 1.807) is 24.4 Å². The van der Waals surface area contributed by atoms with Gasteiger partial charge in [-0.3, -0.25) is 4.58 Å². The van der Waals surface area contributed by atoms with Gasteiger partial charge >= 0.3 is 0 Å². The molecule has 0 atom stereocenters. The molecule has 3 aromatic rings. The highest BCUT2D eigenvalue weighted by Gasteiger charge is 2.27. The molecule has 0 amide bonds. The number of H-pyrrole nitrogens is 1. The second-order valence-electron chi connectivity index (χ2n) is 8.39. The number of imidazole rings is 1. The van der Waals surface area contributed by atoms with Gasteiger partial charge in [0, 0.05) is 30.6 Å². The highest BCUT2D eigenvalue weighted by atomic mass is 19.1. The number of aromatic nitrogens is 4. The van der Waals surface area contributed by atoms with Gasteiger partial charge in [0.15, 0.2) is 12.0 Å². The van der Waals surface area contributed by atoms with Crippen molar-refractivity contribution >= 4 is 18.5 Å². The van der Waals surface area contributed by atoms with Gasteiger partial charge in [0.05, 0.1) is 43.4 Å². The molecule has 1 aromatic carbocycles. The molecule has 0 radical (unpaired) electrons. The van der Waals surface area contributed by atoms with Crippen molar-refractivity contribution in [2.75, 3.05) is 44.8 Å². The number of hydrogen-bond acceptors (Lipinski definition) is 8. The summed E-state index contributed by atoms with van der Waals surface area (Å²) in [5, 5.41) is 12.6. The van der Waals surface area contributed by atoms with E-state index in [-0.39, 0.29) is 18.3 Å². The number of rotatable bonds is 9. The van der Waals surface area contributed by atoms with Gasteiger partial charge in [0.25, 0.3) is 6.34 Å². The van der Waals surface area contributed by atoms with E-state index in [9.17, 15) is 9.50 Å². The Morgan fingerprint density at radius 3 is 2.71 bits per heavy atom. The molecule has 0 aliphatic carbocycles. The van der Waals surface area contributed by atoms with Crippen LogP contribution in [-0.4, -0.2) is 81.6 Å². The minimum absolute atomic E-state index is 0.00225. The van der Waals surface area contributed by atoms with Crippen molar-refractivity contribution in [3.8, 4) is 22.6 Å². The molecule has 182 valence electrons. The Kier molecular flexibility index (Phi) is 7.17. The van der Waals surface area contributed by atoms with E-state index in [0.717, 1.165) is 25.1 Å². The summed E-state index contributed by atoms with van der Waals surface area (Å²) in [4.78, 5) is 21.1. The van der Waals surface area contributed by atoms with Gasteiger partial charge in [-0.05, 0) is 30.3 Å².